The lowest BCUT2D eigenvalue weighted by Crippen LogP contribution is -2.52. The van der Waals surface area contributed by atoms with Gasteiger partial charge in [-0.2, -0.15) is 5.26 Å². The first kappa shape index (κ1) is 28.0. The molecule has 3 aromatic carbocycles. The number of ether oxygens (including phenoxy) is 2. The van der Waals surface area contributed by atoms with Crippen LogP contribution in [0.5, 0.6) is 5.88 Å². The van der Waals surface area contributed by atoms with Crippen molar-refractivity contribution in [1.29, 1.82) is 5.26 Å². The summed E-state index contributed by atoms with van der Waals surface area (Å²) in [4.78, 5) is 20.6. The highest BCUT2D eigenvalue weighted by atomic mass is 19.1. The molecule has 0 amide bonds. The SMILES string of the molecule is N#Cc1ccc(COc2cccc(-c3ccc(Cc4nc5ccc(C(=O)O)cc5n4CC4(O)COC4)c(F)c3)n2)c(F)c1. The molecular weight excluding hydrogens is 558 g/mol. The molecule has 216 valence electrons. The number of rotatable bonds is 9. The standard InChI is InChI=1S/C32H24F2N4O5/c33-24-10-19(14-35)4-5-23(24)15-43-30-3-1-2-26(37-30)21-7-6-20(25(34)11-21)13-29-36-27-9-8-22(31(39)40)12-28(27)38(29)16-32(41)17-42-18-32/h1-12,41H,13,15-18H2,(H,39,40). The maximum Gasteiger partial charge on any atom is 0.335 e. The normalized spacial score (nSPS) is 13.8. The smallest absolute Gasteiger partial charge is 0.335 e. The van der Waals surface area contributed by atoms with Crippen LogP contribution in [0.1, 0.15) is 32.9 Å². The Morgan fingerprint density at radius 1 is 1.02 bits per heavy atom. The zero-order valence-corrected chi connectivity index (χ0v) is 22.6. The summed E-state index contributed by atoms with van der Waals surface area (Å²) in [6.45, 7) is 0.278. The van der Waals surface area contributed by atoms with Gasteiger partial charge in [0.15, 0.2) is 0 Å². The molecule has 0 radical (unpaired) electrons. The van der Waals surface area contributed by atoms with Crippen molar-refractivity contribution >= 4 is 17.0 Å². The van der Waals surface area contributed by atoms with E-state index in [4.69, 9.17) is 14.7 Å². The third-order valence-corrected chi connectivity index (χ3v) is 7.25. The summed E-state index contributed by atoms with van der Waals surface area (Å²) in [5.41, 5.74) is 1.77. The van der Waals surface area contributed by atoms with Crippen molar-refractivity contribution in [2.75, 3.05) is 13.2 Å². The van der Waals surface area contributed by atoms with E-state index in [0.717, 1.165) is 6.07 Å². The Kier molecular flexibility index (Phi) is 7.31. The van der Waals surface area contributed by atoms with E-state index >= 15 is 4.39 Å². The van der Waals surface area contributed by atoms with E-state index < -0.39 is 23.2 Å². The lowest BCUT2D eigenvalue weighted by molar-refractivity contribution is -0.184. The minimum atomic E-state index is -1.13. The molecule has 6 rings (SSSR count). The summed E-state index contributed by atoms with van der Waals surface area (Å²) in [6, 6.07) is 20.2. The first-order valence-electron chi connectivity index (χ1n) is 13.3. The molecule has 0 bridgehead atoms. The van der Waals surface area contributed by atoms with Gasteiger partial charge < -0.3 is 24.3 Å². The quantitative estimate of drug-likeness (QED) is 0.252. The predicted molar refractivity (Wildman–Crippen MR) is 150 cm³/mol. The maximum atomic E-state index is 15.5. The number of carboxylic acid groups (broad SMARTS) is 1. The van der Waals surface area contributed by atoms with Crippen molar-refractivity contribution in [3.8, 4) is 23.2 Å². The van der Waals surface area contributed by atoms with E-state index in [1.165, 1.54) is 30.3 Å². The zero-order chi connectivity index (χ0) is 30.1. The van der Waals surface area contributed by atoms with Crippen molar-refractivity contribution in [2.45, 2.75) is 25.2 Å². The Morgan fingerprint density at radius 3 is 2.51 bits per heavy atom. The number of hydrogen-bond donors (Lipinski definition) is 2. The van der Waals surface area contributed by atoms with Crippen LogP contribution in [0.15, 0.2) is 72.8 Å². The maximum absolute atomic E-state index is 15.5. The van der Waals surface area contributed by atoms with Crippen molar-refractivity contribution in [1.82, 2.24) is 14.5 Å². The molecule has 2 N–H and O–H groups in total. The minimum Gasteiger partial charge on any atom is -0.478 e. The number of imidazole rings is 1. The molecule has 0 unspecified atom stereocenters. The van der Waals surface area contributed by atoms with Gasteiger partial charge in [-0.25, -0.2) is 23.5 Å². The molecule has 3 heterocycles. The number of nitrogens with zero attached hydrogens (tertiary/aromatic N) is 4. The predicted octanol–water partition coefficient (Wildman–Crippen LogP) is 4.88. The molecule has 11 heteroatoms. The fourth-order valence-corrected chi connectivity index (χ4v) is 4.90. The molecule has 0 saturated carbocycles. The fraction of sp³-hybridized carbons (Fsp3) is 0.188. The Balaban J connectivity index is 1.24. The molecule has 0 aliphatic carbocycles. The molecule has 5 aromatic rings. The number of halogens is 2. The number of carboxylic acids is 1. The van der Waals surface area contributed by atoms with E-state index in [1.807, 2.05) is 6.07 Å². The number of carbonyl (C=O) groups is 1. The van der Waals surface area contributed by atoms with Crippen LogP contribution in [0.2, 0.25) is 0 Å². The van der Waals surface area contributed by atoms with E-state index in [0.29, 0.717) is 33.7 Å². The summed E-state index contributed by atoms with van der Waals surface area (Å²) in [5.74, 6) is -1.46. The zero-order valence-electron chi connectivity index (χ0n) is 22.6. The lowest BCUT2D eigenvalue weighted by atomic mass is 10.0. The van der Waals surface area contributed by atoms with E-state index in [9.17, 15) is 19.4 Å². The van der Waals surface area contributed by atoms with E-state index in [1.54, 1.807) is 41.0 Å². The van der Waals surface area contributed by atoms with Gasteiger partial charge >= 0.3 is 5.97 Å². The van der Waals surface area contributed by atoms with Crippen LogP contribution in [0.3, 0.4) is 0 Å². The fourth-order valence-electron chi connectivity index (χ4n) is 4.90. The summed E-state index contributed by atoms with van der Waals surface area (Å²) in [6.07, 6.45) is 0.0901. The second-order valence-corrected chi connectivity index (χ2v) is 10.4. The van der Waals surface area contributed by atoms with Gasteiger partial charge in [-0.3, -0.25) is 0 Å². The summed E-state index contributed by atoms with van der Waals surface area (Å²) in [7, 11) is 0. The molecule has 0 spiro atoms. The molecule has 0 atom stereocenters. The molecule has 1 fully saturated rings. The molecular formula is C32H24F2N4O5. The van der Waals surface area contributed by atoms with Gasteiger partial charge in [0, 0.05) is 23.6 Å². The number of aromatic nitrogens is 3. The third-order valence-electron chi connectivity index (χ3n) is 7.25. The van der Waals surface area contributed by atoms with Gasteiger partial charge in [0.05, 0.1) is 53.7 Å². The van der Waals surface area contributed by atoms with E-state index in [2.05, 4.69) is 9.97 Å². The van der Waals surface area contributed by atoms with Crippen LogP contribution in [0, 0.1) is 23.0 Å². The summed E-state index contributed by atoms with van der Waals surface area (Å²) >= 11 is 0. The highest BCUT2D eigenvalue weighted by molar-refractivity contribution is 5.92. The van der Waals surface area contributed by atoms with Crippen molar-refractivity contribution < 1.29 is 33.3 Å². The molecule has 9 nitrogen and oxygen atoms in total. The van der Waals surface area contributed by atoms with Gasteiger partial charge in [0.25, 0.3) is 0 Å². The second kappa shape index (κ2) is 11.2. The summed E-state index contributed by atoms with van der Waals surface area (Å²) < 4.78 is 42.2. The van der Waals surface area contributed by atoms with Gasteiger partial charge in [-0.1, -0.05) is 24.3 Å². The second-order valence-electron chi connectivity index (χ2n) is 10.4. The van der Waals surface area contributed by atoms with Crippen molar-refractivity contribution in [2.24, 2.45) is 0 Å². The van der Waals surface area contributed by atoms with Crippen LogP contribution >= 0.6 is 0 Å². The molecule has 1 aliphatic heterocycles. The van der Waals surface area contributed by atoms with Crippen LogP contribution < -0.4 is 4.74 Å². The molecule has 1 aliphatic rings. The monoisotopic (exact) mass is 582 g/mol. The van der Waals surface area contributed by atoms with Crippen LogP contribution in [0.25, 0.3) is 22.3 Å². The average molecular weight is 583 g/mol. The molecule has 2 aromatic heterocycles. The van der Waals surface area contributed by atoms with Gasteiger partial charge in [0.2, 0.25) is 5.88 Å². The van der Waals surface area contributed by atoms with Crippen molar-refractivity contribution in [3.05, 3.63) is 113 Å². The highest BCUT2D eigenvalue weighted by Crippen LogP contribution is 2.28. The largest absolute Gasteiger partial charge is 0.478 e. The number of aromatic carboxylic acids is 1. The number of aliphatic hydroxyl groups is 1. The number of benzene rings is 3. The first-order valence-corrected chi connectivity index (χ1v) is 13.3. The minimum absolute atomic E-state index is 0.0772. The number of pyridine rings is 1. The lowest BCUT2D eigenvalue weighted by Gasteiger charge is -2.37. The van der Waals surface area contributed by atoms with Crippen LogP contribution in [0.4, 0.5) is 8.78 Å². The molecule has 1 saturated heterocycles. The number of fused-ring (bicyclic) bond motifs is 1. The Labute approximate surface area is 244 Å². The average Bonchev–Trinajstić information content (AvgIpc) is 3.32. The Morgan fingerprint density at radius 2 is 1.81 bits per heavy atom. The number of hydrogen-bond acceptors (Lipinski definition) is 7. The van der Waals surface area contributed by atoms with Gasteiger partial charge in [-0.05, 0) is 48.0 Å². The van der Waals surface area contributed by atoms with Gasteiger partial charge in [0.1, 0.15) is 29.7 Å². The molecule has 43 heavy (non-hydrogen) atoms. The van der Waals surface area contributed by atoms with Crippen LogP contribution in [-0.4, -0.2) is 49.5 Å². The first-order chi connectivity index (χ1) is 20.7. The van der Waals surface area contributed by atoms with Gasteiger partial charge in [-0.15, -0.1) is 0 Å². The number of nitriles is 1. The van der Waals surface area contributed by atoms with Crippen LogP contribution in [-0.2, 0) is 24.3 Å². The summed E-state index contributed by atoms with van der Waals surface area (Å²) in [5, 5.41) is 29.2. The topological polar surface area (TPSA) is 130 Å². The Hall–Kier alpha value is -5.18. The Bertz CT molecular complexity index is 1910. The highest BCUT2D eigenvalue weighted by Gasteiger charge is 2.37. The van der Waals surface area contributed by atoms with E-state index in [-0.39, 0.29) is 55.4 Å². The third kappa shape index (κ3) is 5.79. The van der Waals surface area contributed by atoms with Crippen molar-refractivity contribution in [3.63, 3.8) is 0 Å².